The number of ether oxygens (including phenoxy) is 2. The molecule has 6 rings (SSSR count). The molecule has 0 radical (unpaired) electrons. The summed E-state index contributed by atoms with van der Waals surface area (Å²) in [4.78, 5) is 40.8. The van der Waals surface area contributed by atoms with E-state index >= 15 is 0 Å². The molecule has 2 aromatic heterocycles. The van der Waals surface area contributed by atoms with Gasteiger partial charge in [0.05, 0.1) is 35.5 Å². The first-order valence-corrected chi connectivity index (χ1v) is 14.3. The first-order chi connectivity index (χ1) is 20.1. The van der Waals surface area contributed by atoms with E-state index < -0.39 is 11.6 Å². The number of carbonyl (C=O) groups is 2. The molecule has 11 heteroatoms. The molecule has 2 fully saturated rings. The van der Waals surface area contributed by atoms with Crippen LogP contribution in [0.1, 0.15) is 37.0 Å². The number of rotatable bonds is 4. The van der Waals surface area contributed by atoms with E-state index in [0.717, 1.165) is 33.6 Å². The lowest BCUT2D eigenvalue weighted by atomic mass is 10.1. The Morgan fingerprint density at radius 2 is 1.64 bits per heavy atom. The van der Waals surface area contributed by atoms with Gasteiger partial charge in [-0.05, 0) is 45.9 Å². The van der Waals surface area contributed by atoms with Crippen molar-refractivity contribution in [1.29, 1.82) is 0 Å². The molecule has 0 spiro atoms. The summed E-state index contributed by atoms with van der Waals surface area (Å²) in [5.74, 6) is 0.461. The van der Waals surface area contributed by atoms with E-state index in [1.54, 1.807) is 11.0 Å². The molecule has 0 saturated carbocycles. The quantitative estimate of drug-likeness (QED) is 0.378. The number of nitrogens with zero attached hydrogens (tertiary/aromatic N) is 6. The van der Waals surface area contributed by atoms with E-state index in [-0.39, 0.29) is 11.7 Å². The van der Waals surface area contributed by atoms with Crippen LogP contribution in [-0.4, -0.2) is 94.7 Å². The summed E-state index contributed by atoms with van der Waals surface area (Å²) < 4.78 is 13.1. The number of para-hydroxylation sites is 1. The number of anilines is 2. The number of morpholine rings is 1. The SMILES string of the molecule is Cc1nc2c(C(=O)O)cc(N3CCOCC3)cc2n1-c1cc(N2CCN(C(=O)OC(C)(C)C)CC2)nc2ccccc12. The van der Waals surface area contributed by atoms with Gasteiger partial charge in [-0.3, -0.25) is 4.57 Å². The Bertz CT molecular complexity index is 1660. The van der Waals surface area contributed by atoms with Crippen molar-refractivity contribution < 1.29 is 24.2 Å². The van der Waals surface area contributed by atoms with Gasteiger partial charge in [0.25, 0.3) is 0 Å². The Morgan fingerprint density at radius 3 is 2.33 bits per heavy atom. The van der Waals surface area contributed by atoms with Crippen LogP contribution in [0.25, 0.3) is 27.6 Å². The van der Waals surface area contributed by atoms with Gasteiger partial charge in [-0.15, -0.1) is 0 Å². The fraction of sp³-hybridized carbons (Fsp3) is 0.419. The van der Waals surface area contributed by atoms with E-state index in [4.69, 9.17) is 19.4 Å². The Morgan fingerprint density at radius 1 is 0.929 bits per heavy atom. The smallest absolute Gasteiger partial charge is 0.410 e. The second-order valence-corrected chi connectivity index (χ2v) is 11.7. The van der Waals surface area contributed by atoms with Crippen molar-refractivity contribution in [1.82, 2.24) is 19.4 Å². The van der Waals surface area contributed by atoms with Crippen LogP contribution < -0.4 is 9.80 Å². The van der Waals surface area contributed by atoms with Crippen LogP contribution in [-0.2, 0) is 9.47 Å². The highest BCUT2D eigenvalue weighted by atomic mass is 16.6. The minimum atomic E-state index is -1.01. The number of carboxylic acid groups (broad SMARTS) is 1. The maximum Gasteiger partial charge on any atom is 0.410 e. The second-order valence-electron chi connectivity index (χ2n) is 11.7. The van der Waals surface area contributed by atoms with Gasteiger partial charge in [0.2, 0.25) is 0 Å². The van der Waals surface area contributed by atoms with Crippen molar-refractivity contribution in [3.8, 4) is 5.69 Å². The summed E-state index contributed by atoms with van der Waals surface area (Å²) in [7, 11) is 0. The first-order valence-electron chi connectivity index (χ1n) is 14.3. The van der Waals surface area contributed by atoms with E-state index in [1.807, 2.05) is 68.7 Å². The van der Waals surface area contributed by atoms with Gasteiger partial charge in [-0.25, -0.2) is 19.6 Å². The number of benzene rings is 2. The van der Waals surface area contributed by atoms with Crippen molar-refractivity contribution in [3.63, 3.8) is 0 Å². The largest absolute Gasteiger partial charge is 0.478 e. The van der Waals surface area contributed by atoms with Gasteiger partial charge in [-0.1, -0.05) is 18.2 Å². The van der Waals surface area contributed by atoms with Gasteiger partial charge >= 0.3 is 12.1 Å². The number of aryl methyl sites for hydroxylation is 1. The number of hydrogen-bond acceptors (Lipinski definition) is 8. The minimum Gasteiger partial charge on any atom is -0.478 e. The van der Waals surface area contributed by atoms with Crippen LogP contribution in [0, 0.1) is 6.92 Å². The van der Waals surface area contributed by atoms with E-state index in [2.05, 4.69) is 9.80 Å². The zero-order valence-corrected chi connectivity index (χ0v) is 24.5. The molecule has 11 nitrogen and oxygen atoms in total. The van der Waals surface area contributed by atoms with Crippen LogP contribution in [0.4, 0.5) is 16.3 Å². The highest BCUT2D eigenvalue weighted by molar-refractivity contribution is 6.04. The number of aromatic nitrogens is 3. The summed E-state index contributed by atoms with van der Waals surface area (Å²) in [6.07, 6.45) is -0.305. The highest BCUT2D eigenvalue weighted by Crippen LogP contribution is 2.34. The lowest BCUT2D eigenvalue weighted by molar-refractivity contribution is 0.0240. The summed E-state index contributed by atoms with van der Waals surface area (Å²) in [6.45, 7) is 12.3. The standard InChI is InChI=1S/C31H36N6O5/c1-20-32-28-23(29(38)39)17-21(34-13-15-41-16-14-34)18-26(28)37(20)25-19-27(33-24-8-6-5-7-22(24)25)35-9-11-36(12-10-35)30(40)42-31(2,3)4/h5-8,17-19H,9-16H2,1-4H3,(H,38,39). The number of imidazole rings is 1. The van der Waals surface area contributed by atoms with Crippen molar-refractivity contribution in [3.05, 3.63) is 53.9 Å². The molecule has 1 amide bonds. The fourth-order valence-electron chi connectivity index (χ4n) is 5.68. The minimum absolute atomic E-state index is 0.174. The van der Waals surface area contributed by atoms with Crippen molar-refractivity contribution in [2.45, 2.75) is 33.3 Å². The van der Waals surface area contributed by atoms with Gasteiger partial charge in [0.15, 0.2) is 0 Å². The third-order valence-electron chi connectivity index (χ3n) is 7.70. The summed E-state index contributed by atoms with van der Waals surface area (Å²) in [5.41, 5.74) is 3.34. The normalized spacial score (nSPS) is 16.3. The van der Waals surface area contributed by atoms with Crippen LogP contribution >= 0.6 is 0 Å². The summed E-state index contributed by atoms with van der Waals surface area (Å²) in [6, 6.07) is 13.7. The molecule has 0 bridgehead atoms. The van der Waals surface area contributed by atoms with Gasteiger partial charge in [0.1, 0.15) is 22.8 Å². The number of piperazine rings is 1. The van der Waals surface area contributed by atoms with E-state index in [1.165, 1.54) is 0 Å². The molecule has 4 heterocycles. The maximum atomic E-state index is 12.6. The molecule has 0 aliphatic carbocycles. The van der Waals surface area contributed by atoms with Crippen LogP contribution in [0.3, 0.4) is 0 Å². The molecule has 220 valence electrons. The molecule has 4 aromatic rings. The number of pyridine rings is 1. The van der Waals surface area contributed by atoms with Gasteiger partial charge < -0.3 is 29.3 Å². The molecule has 0 atom stereocenters. The third kappa shape index (κ3) is 5.32. The van der Waals surface area contributed by atoms with Gasteiger partial charge in [-0.2, -0.15) is 0 Å². The first kappa shape index (κ1) is 27.8. The predicted octanol–water partition coefficient (Wildman–Crippen LogP) is 4.47. The number of aromatic carboxylic acids is 1. The molecule has 2 aromatic carbocycles. The number of amides is 1. The number of carbonyl (C=O) groups excluding carboxylic acids is 1. The molecule has 1 N–H and O–H groups in total. The molecule has 2 aliphatic rings. The fourth-order valence-corrected chi connectivity index (χ4v) is 5.68. The predicted molar refractivity (Wildman–Crippen MR) is 161 cm³/mol. The third-order valence-corrected chi connectivity index (χ3v) is 7.70. The van der Waals surface area contributed by atoms with Crippen molar-refractivity contribution in [2.24, 2.45) is 0 Å². The Balaban J connectivity index is 1.43. The molecule has 0 unspecified atom stereocenters. The van der Waals surface area contributed by atoms with Gasteiger partial charge in [0, 0.05) is 56.4 Å². The lowest BCUT2D eigenvalue weighted by Gasteiger charge is -2.36. The average Bonchev–Trinajstić information content (AvgIpc) is 3.31. The molecular weight excluding hydrogens is 536 g/mol. The second kappa shape index (κ2) is 10.8. The average molecular weight is 573 g/mol. The lowest BCUT2D eigenvalue weighted by Crippen LogP contribution is -2.50. The monoisotopic (exact) mass is 572 g/mol. The highest BCUT2D eigenvalue weighted by Gasteiger charge is 2.28. The Labute approximate surface area is 244 Å². The van der Waals surface area contributed by atoms with Crippen LogP contribution in [0.5, 0.6) is 0 Å². The topological polar surface area (TPSA) is 113 Å². The summed E-state index contributed by atoms with van der Waals surface area (Å²) in [5, 5.41) is 11.1. The Kier molecular flexibility index (Phi) is 7.14. The van der Waals surface area contributed by atoms with Crippen LogP contribution in [0.2, 0.25) is 0 Å². The number of hydrogen-bond donors (Lipinski definition) is 1. The number of carboxylic acids is 1. The van der Waals surface area contributed by atoms with E-state index in [9.17, 15) is 14.7 Å². The number of fused-ring (bicyclic) bond motifs is 2. The van der Waals surface area contributed by atoms with Crippen LogP contribution in [0.15, 0.2) is 42.5 Å². The molecular formula is C31H36N6O5. The Hall–Kier alpha value is -4.38. The molecule has 2 saturated heterocycles. The molecule has 42 heavy (non-hydrogen) atoms. The zero-order chi connectivity index (χ0) is 29.6. The maximum absolute atomic E-state index is 12.6. The van der Waals surface area contributed by atoms with Crippen molar-refractivity contribution >= 4 is 45.5 Å². The zero-order valence-electron chi connectivity index (χ0n) is 24.5. The molecule has 2 aliphatic heterocycles. The van der Waals surface area contributed by atoms with E-state index in [0.29, 0.717) is 63.8 Å². The van der Waals surface area contributed by atoms with Crippen molar-refractivity contribution in [2.75, 3.05) is 62.3 Å². The summed E-state index contributed by atoms with van der Waals surface area (Å²) >= 11 is 0.